The van der Waals surface area contributed by atoms with E-state index in [4.69, 9.17) is 14.2 Å². The maximum atomic E-state index is 13.4. The Bertz CT molecular complexity index is 1260. The minimum absolute atomic E-state index is 0.125. The molecule has 11 heteroatoms. The van der Waals surface area contributed by atoms with Crippen LogP contribution in [-0.4, -0.2) is 66.0 Å². The van der Waals surface area contributed by atoms with E-state index in [1.165, 1.54) is 28.3 Å². The molecular formula is C24H32N4O6S. The van der Waals surface area contributed by atoms with E-state index in [0.717, 1.165) is 0 Å². The molecule has 0 amide bonds. The van der Waals surface area contributed by atoms with Gasteiger partial charge in [-0.3, -0.25) is 4.57 Å². The van der Waals surface area contributed by atoms with Gasteiger partial charge >= 0.3 is 0 Å². The van der Waals surface area contributed by atoms with E-state index in [0.29, 0.717) is 28.8 Å². The van der Waals surface area contributed by atoms with Crippen molar-refractivity contribution in [3.05, 3.63) is 42.2 Å². The van der Waals surface area contributed by atoms with Crippen LogP contribution in [0.4, 0.5) is 0 Å². The highest BCUT2D eigenvalue weighted by Gasteiger charge is 2.37. The maximum Gasteiger partial charge on any atom is 0.213 e. The molecule has 0 unspecified atom stereocenters. The Morgan fingerprint density at radius 1 is 0.971 bits per heavy atom. The van der Waals surface area contributed by atoms with Gasteiger partial charge in [-0.15, -0.1) is 10.2 Å². The fraction of sp³-hybridized carbons (Fsp3) is 0.458. The number of pyridine rings is 1. The Hall–Kier alpha value is -3.18. The van der Waals surface area contributed by atoms with E-state index in [1.807, 2.05) is 0 Å². The molecule has 190 valence electrons. The van der Waals surface area contributed by atoms with Crippen LogP contribution in [0.5, 0.6) is 17.4 Å². The minimum atomic E-state index is -3.85. The number of para-hydroxylation sites is 1. The molecule has 0 saturated carbocycles. The van der Waals surface area contributed by atoms with Crippen molar-refractivity contribution >= 4 is 9.84 Å². The molecule has 0 aliphatic heterocycles. The summed E-state index contributed by atoms with van der Waals surface area (Å²) in [7, 11) is 0.661. The maximum absolute atomic E-state index is 13.4. The first-order valence-corrected chi connectivity index (χ1v) is 12.7. The van der Waals surface area contributed by atoms with Crippen LogP contribution < -0.4 is 14.2 Å². The topological polar surface area (TPSA) is 126 Å². The number of aliphatic hydroxyl groups is 1. The third kappa shape index (κ3) is 5.40. The molecule has 0 spiro atoms. The summed E-state index contributed by atoms with van der Waals surface area (Å²) in [5, 5.41) is 18.1. The molecule has 0 bridgehead atoms. The lowest BCUT2D eigenvalue weighted by Crippen LogP contribution is -2.41. The molecule has 2 atom stereocenters. The van der Waals surface area contributed by atoms with E-state index in [1.54, 1.807) is 61.7 Å². The highest BCUT2D eigenvalue weighted by Crippen LogP contribution is 2.37. The van der Waals surface area contributed by atoms with Crippen LogP contribution in [0.3, 0.4) is 0 Å². The van der Waals surface area contributed by atoms with Crippen molar-refractivity contribution in [2.45, 2.75) is 44.8 Å². The Morgan fingerprint density at radius 3 is 2.11 bits per heavy atom. The normalized spacial score (nSPS) is 13.8. The predicted octanol–water partition coefficient (Wildman–Crippen LogP) is 3.07. The fourth-order valence-electron chi connectivity index (χ4n) is 3.73. The predicted molar refractivity (Wildman–Crippen MR) is 132 cm³/mol. The van der Waals surface area contributed by atoms with Gasteiger partial charge in [0, 0.05) is 6.07 Å². The van der Waals surface area contributed by atoms with E-state index in [2.05, 4.69) is 15.2 Å². The van der Waals surface area contributed by atoms with E-state index in [-0.39, 0.29) is 11.6 Å². The van der Waals surface area contributed by atoms with Gasteiger partial charge in [-0.1, -0.05) is 32.9 Å². The van der Waals surface area contributed by atoms with Crippen molar-refractivity contribution in [3.8, 4) is 34.6 Å². The van der Waals surface area contributed by atoms with Crippen LogP contribution in [0.2, 0.25) is 0 Å². The minimum Gasteiger partial charge on any atom is -0.494 e. The number of methoxy groups -OCH3 is 3. The second kappa shape index (κ2) is 10.2. The molecule has 3 aromatic rings. The summed E-state index contributed by atoms with van der Waals surface area (Å²) < 4.78 is 44.7. The number of aromatic nitrogens is 4. The number of ether oxygens (including phenoxy) is 3. The summed E-state index contributed by atoms with van der Waals surface area (Å²) in [6, 6.07) is 10.4. The van der Waals surface area contributed by atoms with Crippen LogP contribution in [-0.2, 0) is 15.6 Å². The van der Waals surface area contributed by atoms with E-state index >= 15 is 0 Å². The molecule has 3 rings (SSSR count). The molecule has 1 N–H and O–H groups in total. The molecule has 0 fully saturated rings. The third-order valence-corrected chi connectivity index (χ3v) is 7.80. The molecule has 2 heterocycles. The molecule has 2 aromatic heterocycles. The van der Waals surface area contributed by atoms with E-state index < -0.39 is 32.4 Å². The zero-order valence-corrected chi connectivity index (χ0v) is 21.8. The summed E-state index contributed by atoms with van der Waals surface area (Å²) in [4.78, 5) is 4.45. The van der Waals surface area contributed by atoms with Gasteiger partial charge in [-0.05, 0) is 30.5 Å². The molecule has 0 radical (unpaired) electrons. The summed E-state index contributed by atoms with van der Waals surface area (Å²) >= 11 is 0. The van der Waals surface area contributed by atoms with Crippen LogP contribution in [0.25, 0.3) is 17.2 Å². The molecule has 10 nitrogen and oxygen atoms in total. The van der Waals surface area contributed by atoms with Gasteiger partial charge < -0.3 is 19.3 Å². The molecule has 0 saturated heterocycles. The molecule has 0 aliphatic rings. The van der Waals surface area contributed by atoms with Gasteiger partial charge in [-0.25, -0.2) is 13.4 Å². The van der Waals surface area contributed by atoms with Gasteiger partial charge in [0.05, 0.1) is 32.7 Å². The Balaban J connectivity index is 2.24. The second-order valence-corrected chi connectivity index (χ2v) is 11.5. The first kappa shape index (κ1) is 26.4. The number of hydrogen-bond donors (Lipinski definition) is 1. The average molecular weight is 505 g/mol. The number of benzene rings is 1. The molecule has 35 heavy (non-hydrogen) atoms. The zero-order valence-electron chi connectivity index (χ0n) is 21.0. The summed E-state index contributed by atoms with van der Waals surface area (Å²) in [6.07, 6.45) is -1.08. The van der Waals surface area contributed by atoms with Gasteiger partial charge in [0.2, 0.25) is 5.88 Å². The van der Waals surface area contributed by atoms with Crippen LogP contribution in [0.15, 0.2) is 36.4 Å². The van der Waals surface area contributed by atoms with Crippen molar-refractivity contribution < 1.29 is 27.7 Å². The first-order valence-electron chi connectivity index (χ1n) is 11.0. The second-order valence-electron chi connectivity index (χ2n) is 9.17. The molecule has 0 aliphatic carbocycles. The molecular weight excluding hydrogens is 472 g/mol. The van der Waals surface area contributed by atoms with Crippen molar-refractivity contribution in [2.75, 3.05) is 21.3 Å². The average Bonchev–Trinajstić information content (AvgIpc) is 3.23. The van der Waals surface area contributed by atoms with Crippen molar-refractivity contribution in [1.29, 1.82) is 0 Å². The van der Waals surface area contributed by atoms with Gasteiger partial charge in [-0.2, -0.15) is 0 Å². The third-order valence-electron chi connectivity index (χ3n) is 5.75. The number of nitrogens with zero attached hydrogens (tertiary/aromatic N) is 4. The van der Waals surface area contributed by atoms with Crippen molar-refractivity contribution in [3.63, 3.8) is 0 Å². The van der Waals surface area contributed by atoms with Gasteiger partial charge in [0.25, 0.3) is 0 Å². The Morgan fingerprint density at radius 2 is 1.57 bits per heavy atom. The molecule has 1 aromatic carbocycles. The monoisotopic (exact) mass is 504 g/mol. The Kier molecular flexibility index (Phi) is 7.71. The lowest BCUT2D eigenvalue weighted by Gasteiger charge is -2.30. The van der Waals surface area contributed by atoms with E-state index in [9.17, 15) is 13.5 Å². The highest BCUT2D eigenvalue weighted by molar-refractivity contribution is 7.91. The van der Waals surface area contributed by atoms with Crippen LogP contribution in [0, 0.1) is 5.41 Å². The standard InChI is InChI=1S/C24H32N4O6S/c1-15(22(29)24(2,3)4)35(30,31)14-19-26-27-23(16-10-8-13-20(25-16)34-7)28(19)21-17(32-5)11-9-12-18(21)33-6/h8-13,15,22,29H,14H2,1-7H3/t15-,22-/m0/s1. The van der Waals surface area contributed by atoms with Crippen LogP contribution >= 0.6 is 0 Å². The fourth-order valence-corrected chi connectivity index (χ4v) is 5.34. The number of rotatable bonds is 9. The first-order chi connectivity index (χ1) is 16.4. The number of aliphatic hydroxyl groups excluding tert-OH is 1. The largest absolute Gasteiger partial charge is 0.494 e. The summed E-state index contributed by atoms with van der Waals surface area (Å²) in [5.74, 6) is 1.14. The van der Waals surface area contributed by atoms with Gasteiger partial charge in [0.15, 0.2) is 21.5 Å². The highest BCUT2D eigenvalue weighted by atomic mass is 32.2. The number of hydrogen-bond acceptors (Lipinski definition) is 9. The smallest absolute Gasteiger partial charge is 0.213 e. The summed E-state index contributed by atoms with van der Waals surface area (Å²) in [6.45, 7) is 6.87. The lowest BCUT2D eigenvalue weighted by molar-refractivity contribution is 0.0626. The van der Waals surface area contributed by atoms with Crippen LogP contribution in [0.1, 0.15) is 33.5 Å². The van der Waals surface area contributed by atoms with Gasteiger partial charge in [0.1, 0.15) is 28.6 Å². The van der Waals surface area contributed by atoms with Crippen molar-refractivity contribution in [2.24, 2.45) is 5.41 Å². The quantitative estimate of drug-likeness (QED) is 0.468. The lowest BCUT2D eigenvalue weighted by atomic mass is 9.87. The zero-order chi connectivity index (χ0) is 26.0. The SMILES string of the molecule is COc1cccc(-c2nnc(CS(=O)(=O)[C@@H](C)[C@H](O)C(C)(C)C)n2-c2c(OC)cccc2OC)n1. The van der Waals surface area contributed by atoms with Crippen molar-refractivity contribution in [1.82, 2.24) is 19.7 Å². The Labute approximate surface area is 205 Å². The number of sulfone groups is 1. The summed E-state index contributed by atoms with van der Waals surface area (Å²) in [5.41, 5.74) is 0.217.